The van der Waals surface area contributed by atoms with Crippen LogP contribution in [-0.4, -0.2) is 4.92 Å². The summed E-state index contributed by atoms with van der Waals surface area (Å²) in [5.74, 6) is 0. The van der Waals surface area contributed by atoms with Gasteiger partial charge in [-0.3, -0.25) is 10.1 Å². The second-order valence-electron chi connectivity index (χ2n) is 6.88. The SMILES string of the molecule is O=[N+]([O-])C1=CCCC=C1C1=CCC=CC=C1P(c1ccccc1)c1ccccc1. The molecule has 4 rings (SSSR count). The zero-order chi connectivity index (χ0) is 20.1. The minimum absolute atomic E-state index is 0.228. The van der Waals surface area contributed by atoms with Crippen molar-refractivity contribution >= 4 is 18.5 Å². The third-order valence-corrected chi connectivity index (χ3v) is 7.51. The second kappa shape index (κ2) is 8.98. The monoisotopic (exact) mass is 399 g/mol. The van der Waals surface area contributed by atoms with Gasteiger partial charge in [-0.1, -0.05) is 91.0 Å². The van der Waals surface area contributed by atoms with E-state index in [9.17, 15) is 10.1 Å². The van der Waals surface area contributed by atoms with Crippen molar-refractivity contribution in [1.29, 1.82) is 0 Å². The Kier molecular flexibility index (Phi) is 5.97. The standard InChI is InChI=1S/C25H22NO2P/c27-26(28)24-18-11-10-16-22(24)23-17-8-3-9-19-25(23)29(20-12-4-1-5-13-20)21-14-6-2-7-15-21/h1-7,9,12-19H,8,10-11H2. The van der Waals surface area contributed by atoms with Crippen LogP contribution in [0.2, 0.25) is 0 Å². The zero-order valence-electron chi connectivity index (χ0n) is 16.1. The number of benzene rings is 2. The number of nitrogens with zero attached hydrogens (tertiary/aromatic N) is 1. The summed E-state index contributed by atoms with van der Waals surface area (Å²) < 4.78 is 0. The molecule has 2 aromatic rings. The van der Waals surface area contributed by atoms with Gasteiger partial charge in [0.15, 0.2) is 0 Å². The van der Waals surface area contributed by atoms with E-state index in [1.54, 1.807) is 6.08 Å². The fourth-order valence-electron chi connectivity index (χ4n) is 3.73. The zero-order valence-corrected chi connectivity index (χ0v) is 17.0. The molecular weight excluding hydrogens is 377 g/mol. The first kappa shape index (κ1) is 19.3. The first-order valence-electron chi connectivity index (χ1n) is 9.79. The lowest BCUT2D eigenvalue weighted by Gasteiger charge is -2.25. The molecule has 0 aliphatic heterocycles. The molecule has 2 aliphatic carbocycles. The average molecular weight is 399 g/mol. The summed E-state index contributed by atoms with van der Waals surface area (Å²) in [6, 6.07) is 20.9. The molecule has 2 aromatic carbocycles. The topological polar surface area (TPSA) is 43.1 Å². The van der Waals surface area contributed by atoms with Crippen LogP contribution in [0.1, 0.15) is 19.3 Å². The molecule has 144 valence electrons. The van der Waals surface area contributed by atoms with Gasteiger partial charge in [-0.2, -0.15) is 0 Å². The van der Waals surface area contributed by atoms with Crippen LogP contribution in [-0.2, 0) is 0 Å². The van der Waals surface area contributed by atoms with Crippen molar-refractivity contribution in [3.8, 4) is 0 Å². The molecule has 29 heavy (non-hydrogen) atoms. The summed E-state index contributed by atoms with van der Waals surface area (Å²) in [7, 11) is -0.838. The Morgan fingerprint density at radius 3 is 2.03 bits per heavy atom. The Morgan fingerprint density at radius 2 is 1.41 bits per heavy atom. The Hall–Kier alpha value is -3.03. The summed E-state index contributed by atoms with van der Waals surface area (Å²) >= 11 is 0. The van der Waals surface area contributed by atoms with E-state index in [0.29, 0.717) is 0 Å². The van der Waals surface area contributed by atoms with Crippen LogP contribution >= 0.6 is 7.92 Å². The van der Waals surface area contributed by atoms with Crippen molar-refractivity contribution in [2.45, 2.75) is 19.3 Å². The van der Waals surface area contributed by atoms with Gasteiger partial charge >= 0.3 is 0 Å². The summed E-state index contributed by atoms with van der Waals surface area (Å²) in [5, 5.41) is 15.4. The van der Waals surface area contributed by atoms with Gasteiger partial charge in [0, 0.05) is 0 Å². The second-order valence-corrected chi connectivity index (χ2v) is 9.07. The largest absolute Gasteiger partial charge is 0.272 e. The number of hydrogen-bond acceptors (Lipinski definition) is 2. The van der Waals surface area contributed by atoms with Crippen LogP contribution in [0, 0.1) is 10.1 Å². The molecule has 4 heteroatoms. The molecule has 0 aromatic heterocycles. The number of allylic oxidation sites excluding steroid dienone is 8. The number of hydrogen-bond donors (Lipinski definition) is 0. The Bertz CT molecular complexity index is 1010. The van der Waals surface area contributed by atoms with Gasteiger partial charge in [-0.25, -0.2) is 0 Å². The molecule has 2 aliphatic rings. The maximum absolute atomic E-state index is 11.7. The molecule has 0 N–H and O–H groups in total. The predicted octanol–water partition coefficient (Wildman–Crippen LogP) is 5.77. The maximum Gasteiger partial charge on any atom is 0.272 e. The Balaban J connectivity index is 1.87. The van der Waals surface area contributed by atoms with Crippen molar-refractivity contribution in [3.63, 3.8) is 0 Å². The minimum atomic E-state index is -0.838. The van der Waals surface area contributed by atoms with E-state index in [1.807, 2.05) is 18.2 Å². The van der Waals surface area contributed by atoms with Crippen molar-refractivity contribution < 1.29 is 4.92 Å². The van der Waals surface area contributed by atoms with Gasteiger partial charge in [-0.05, 0) is 54.8 Å². The van der Waals surface area contributed by atoms with Gasteiger partial charge in [0.2, 0.25) is 0 Å². The molecule has 0 amide bonds. The van der Waals surface area contributed by atoms with Crippen molar-refractivity contribution in [2.24, 2.45) is 0 Å². The molecular formula is C25H22NO2P. The van der Waals surface area contributed by atoms with E-state index in [2.05, 4.69) is 72.8 Å². The lowest BCUT2D eigenvalue weighted by atomic mass is 9.95. The van der Waals surface area contributed by atoms with Crippen LogP contribution in [0.4, 0.5) is 0 Å². The van der Waals surface area contributed by atoms with Crippen LogP contribution in [0.15, 0.2) is 119 Å². The highest BCUT2D eigenvalue weighted by molar-refractivity contribution is 7.77. The first-order chi connectivity index (χ1) is 14.3. The first-order valence-corrected chi connectivity index (χ1v) is 11.1. The lowest BCUT2D eigenvalue weighted by Crippen LogP contribution is -2.16. The highest BCUT2D eigenvalue weighted by atomic mass is 31.1. The molecule has 0 fully saturated rings. The van der Waals surface area contributed by atoms with E-state index in [-0.39, 0.29) is 10.6 Å². The Morgan fingerprint density at radius 1 is 0.793 bits per heavy atom. The van der Waals surface area contributed by atoms with E-state index >= 15 is 0 Å². The molecule has 3 nitrogen and oxygen atoms in total. The maximum atomic E-state index is 11.7. The van der Waals surface area contributed by atoms with Gasteiger partial charge in [0.1, 0.15) is 0 Å². The number of nitro groups is 1. The molecule has 0 saturated heterocycles. The van der Waals surface area contributed by atoms with Gasteiger partial charge < -0.3 is 0 Å². The Labute approximate surface area is 172 Å². The average Bonchev–Trinajstić information content (AvgIpc) is 3.01. The van der Waals surface area contributed by atoms with Crippen molar-refractivity contribution in [3.05, 3.63) is 129 Å². The summed E-state index contributed by atoms with van der Waals surface area (Å²) in [6.45, 7) is 0. The van der Waals surface area contributed by atoms with Gasteiger partial charge in [0.05, 0.1) is 10.5 Å². The van der Waals surface area contributed by atoms with Gasteiger partial charge in [0.25, 0.3) is 5.70 Å². The molecule has 0 radical (unpaired) electrons. The van der Waals surface area contributed by atoms with Crippen LogP contribution in [0.3, 0.4) is 0 Å². The quantitative estimate of drug-likeness (QED) is 0.364. The highest BCUT2D eigenvalue weighted by Crippen LogP contribution is 2.50. The lowest BCUT2D eigenvalue weighted by molar-refractivity contribution is -0.421. The minimum Gasteiger partial charge on any atom is -0.258 e. The van der Waals surface area contributed by atoms with E-state index in [4.69, 9.17) is 0 Å². The van der Waals surface area contributed by atoms with E-state index < -0.39 is 7.92 Å². The van der Waals surface area contributed by atoms with Crippen LogP contribution in [0.5, 0.6) is 0 Å². The smallest absolute Gasteiger partial charge is 0.258 e. The van der Waals surface area contributed by atoms with Crippen LogP contribution < -0.4 is 10.6 Å². The third-order valence-electron chi connectivity index (χ3n) is 5.01. The fraction of sp³-hybridized carbons (Fsp3) is 0.120. The third kappa shape index (κ3) is 4.21. The molecule has 0 bridgehead atoms. The van der Waals surface area contributed by atoms with E-state index in [1.165, 1.54) is 10.6 Å². The van der Waals surface area contributed by atoms with Crippen molar-refractivity contribution in [1.82, 2.24) is 0 Å². The predicted molar refractivity (Wildman–Crippen MR) is 121 cm³/mol. The molecule has 0 atom stereocenters. The van der Waals surface area contributed by atoms with Crippen LogP contribution in [0.25, 0.3) is 0 Å². The number of rotatable bonds is 5. The van der Waals surface area contributed by atoms with Gasteiger partial charge in [-0.15, -0.1) is 0 Å². The molecule has 0 unspecified atom stereocenters. The highest BCUT2D eigenvalue weighted by Gasteiger charge is 2.29. The summed E-state index contributed by atoms with van der Waals surface area (Å²) in [4.78, 5) is 11.5. The molecule has 0 saturated carbocycles. The fourth-order valence-corrected chi connectivity index (χ4v) is 6.21. The summed E-state index contributed by atoms with van der Waals surface area (Å²) in [6.07, 6.45) is 14.6. The normalized spacial score (nSPS) is 16.4. The summed E-state index contributed by atoms with van der Waals surface area (Å²) in [5.41, 5.74) is 1.98. The van der Waals surface area contributed by atoms with E-state index in [0.717, 1.165) is 35.7 Å². The van der Waals surface area contributed by atoms with Crippen molar-refractivity contribution in [2.75, 3.05) is 0 Å². The molecule has 0 spiro atoms. The molecule has 0 heterocycles.